The number of methoxy groups -OCH3 is 3. The van der Waals surface area contributed by atoms with Crippen molar-refractivity contribution in [2.24, 2.45) is 0 Å². The summed E-state index contributed by atoms with van der Waals surface area (Å²) in [5, 5.41) is 0. The molecule has 25 heavy (non-hydrogen) atoms. The highest BCUT2D eigenvalue weighted by Gasteiger charge is 2.21. The average Bonchev–Trinajstić information content (AvgIpc) is 2.66. The van der Waals surface area contributed by atoms with E-state index in [2.05, 4.69) is 4.74 Å². The highest BCUT2D eigenvalue weighted by molar-refractivity contribution is 6.03. The maximum atomic E-state index is 12.6. The second-order valence-corrected chi connectivity index (χ2v) is 5.26. The van der Waals surface area contributed by atoms with Gasteiger partial charge in [0.15, 0.2) is 11.5 Å². The van der Waals surface area contributed by atoms with E-state index >= 15 is 0 Å². The molecule has 2 rings (SSSR count). The molecule has 0 spiro atoms. The second kappa shape index (κ2) is 8.73. The summed E-state index contributed by atoms with van der Waals surface area (Å²) in [7, 11) is 4.33. The first kappa shape index (κ1) is 18.3. The summed E-state index contributed by atoms with van der Waals surface area (Å²) in [6.07, 6.45) is -0.336. The summed E-state index contributed by atoms with van der Waals surface area (Å²) in [4.78, 5) is 25.7. The first-order valence-corrected chi connectivity index (χ1v) is 7.72. The van der Waals surface area contributed by atoms with E-state index in [1.807, 2.05) is 30.3 Å². The Morgan fingerprint density at radius 3 is 2.20 bits per heavy atom. The van der Waals surface area contributed by atoms with Crippen molar-refractivity contribution in [1.29, 1.82) is 0 Å². The van der Waals surface area contributed by atoms with E-state index in [1.165, 1.54) is 19.1 Å². The number of benzene rings is 2. The van der Waals surface area contributed by atoms with Gasteiger partial charge in [0.25, 0.3) is 0 Å². The Labute approximate surface area is 146 Å². The molecule has 0 N–H and O–H groups in total. The second-order valence-electron chi connectivity index (χ2n) is 5.26. The average molecular weight is 343 g/mol. The lowest BCUT2D eigenvalue weighted by Crippen LogP contribution is -2.32. The predicted molar refractivity (Wildman–Crippen MR) is 93.8 cm³/mol. The van der Waals surface area contributed by atoms with Crippen molar-refractivity contribution in [3.05, 3.63) is 54.1 Å². The van der Waals surface area contributed by atoms with Crippen LogP contribution in [0.2, 0.25) is 0 Å². The third-order valence-electron chi connectivity index (χ3n) is 3.69. The maximum Gasteiger partial charge on any atom is 0.315 e. The van der Waals surface area contributed by atoms with Crippen molar-refractivity contribution >= 4 is 17.6 Å². The quantitative estimate of drug-likeness (QED) is 0.571. The van der Waals surface area contributed by atoms with Gasteiger partial charge in [-0.15, -0.1) is 0 Å². The Kier molecular flexibility index (Phi) is 6.39. The van der Waals surface area contributed by atoms with Crippen LogP contribution in [-0.2, 0) is 20.9 Å². The van der Waals surface area contributed by atoms with E-state index in [0.717, 1.165) is 5.56 Å². The van der Waals surface area contributed by atoms with Crippen LogP contribution in [0.3, 0.4) is 0 Å². The van der Waals surface area contributed by atoms with Crippen LogP contribution in [0.4, 0.5) is 5.69 Å². The number of esters is 1. The van der Waals surface area contributed by atoms with Gasteiger partial charge in [-0.3, -0.25) is 9.59 Å². The van der Waals surface area contributed by atoms with E-state index in [1.54, 1.807) is 25.3 Å². The van der Waals surface area contributed by atoms with E-state index in [0.29, 0.717) is 23.7 Å². The van der Waals surface area contributed by atoms with Gasteiger partial charge in [0.2, 0.25) is 5.91 Å². The minimum Gasteiger partial charge on any atom is -0.493 e. The zero-order chi connectivity index (χ0) is 18.2. The molecule has 0 saturated carbocycles. The molecule has 0 bridgehead atoms. The number of anilines is 1. The summed E-state index contributed by atoms with van der Waals surface area (Å²) in [6, 6.07) is 14.7. The minimum absolute atomic E-state index is 0.326. The summed E-state index contributed by atoms with van der Waals surface area (Å²) in [6.45, 7) is 0.326. The molecule has 0 aliphatic carbocycles. The first-order valence-electron chi connectivity index (χ1n) is 7.72. The highest BCUT2D eigenvalue weighted by atomic mass is 16.5. The number of hydrogen-bond donors (Lipinski definition) is 0. The molecule has 2 aromatic rings. The molecule has 6 nitrogen and oxygen atoms in total. The van der Waals surface area contributed by atoms with E-state index in [-0.39, 0.29) is 12.3 Å². The largest absolute Gasteiger partial charge is 0.493 e. The normalized spacial score (nSPS) is 10.0. The molecule has 1 amide bonds. The van der Waals surface area contributed by atoms with Gasteiger partial charge in [-0.05, 0) is 17.7 Å². The van der Waals surface area contributed by atoms with Gasteiger partial charge in [0.1, 0.15) is 6.42 Å². The molecule has 0 aromatic heterocycles. The van der Waals surface area contributed by atoms with E-state index in [4.69, 9.17) is 9.47 Å². The molecule has 132 valence electrons. The van der Waals surface area contributed by atoms with Crippen LogP contribution in [0.1, 0.15) is 12.0 Å². The van der Waals surface area contributed by atoms with Crippen LogP contribution in [0.15, 0.2) is 48.5 Å². The lowest BCUT2D eigenvalue weighted by molar-refractivity contribution is -0.143. The van der Waals surface area contributed by atoms with Crippen molar-refractivity contribution in [1.82, 2.24) is 0 Å². The van der Waals surface area contributed by atoms with Gasteiger partial charge in [0, 0.05) is 11.8 Å². The standard InChI is InChI=1S/C19H21NO5/c1-23-16-10-9-15(11-17(16)24-2)20(18(21)12-19(22)25-3)13-14-7-5-4-6-8-14/h4-11H,12-13H2,1-3H3. The van der Waals surface area contributed by atoms with Crippen molar-refractivity contribution in [2.75, 3.05) is 26.2 Å². The van der Waals surface area contributed by atoms with Crippen LogP contribution in [0.25, 0.3) is 0 Å². The Hall–Kier alpha value is -3.02. The molecule has 0 unspecified atom stereocenters. The third-order valence-corrected chi connectivity index (χ3v) is 3.69. The van der Waals surface area contributed by atoms with Gasteiger partial charge in [-0.25, -0.2) is 0 Å². The molecule has 0 fully saturated rings. The summed E-state index contributed by atoms with van der Waals surface area (Å²) < 4.78 is 15.1. The van der Waals surface area contributed by atoms with Crippen molar-refractivity contribution in [2.45, 2.75) is 13.0 Å². The lowest BCUT2D eigenvalue weighted by Gasteiger charge is -2.23. The van der Waals surface area contributed by atoms with Gasteiger partial charge in [-0.1, -0.05) is 30.3 Å². The predicted octanol–water partition coefficient (Wildman–Crippen LogP) is 2.80. The molecule has 6 heteroatoms. The summed E-state index contributed by atoms with van der Waals surface area (Å²) in [5.41, 5.74) is 1.55. The molecule has 0 saturated heterocycles. The molecule has 0 radical (unpaired) electrons. The molecular weight excluding hydrogens is 322 g/mol. The van der Waals surface area contributed by atoms with E-state index in [9.17, 15) is 9.59 Å². The van der Waals surface area contributed by atoms with Crippen molar-refractivity contribution < 1.29 is 23.8 Å². The van der Waals surface area contributed by atoms with Crippen LogP contribution in [-0.4, -0.2) is 33.2 Å². The number of amides is 1. The topological polar surface area (TPSA) is 65.1 Å². The molecule has 0 aliphatic heterocycles. The van der Waals surface area contributed by atoms with Gasteiger partial charge in [-0.2, -0.15) is 0 Å². The van der Waals surface area contributed by atoms with Gasteiger partial charge in [0.05, 0.1) is 27.9 Å². The smallest absolute Gasteiger partial charge is 0.315 e. The highest BCUT2D eigenvalue weighted by Crippen LogP contribution is 2.32. The number of ether oxygens (including phenoxy) is 3. The van der Waals surface area contributed by atoms with Crippen LogP contribution in [0.5, 0.6) is 11.5 Å². The molecule has 0 aliphatic rings. The summed E-state index contributed by atoms with van der Waals surface area (Å²) >= 11 is 0. The van der Waals surface area contributed by atoms with E-state index < -0.39 is 5.97 Å². The molecule has 0 atom stereocenters. The third kappa shape index (κ3) is 4.73. The minimum atomic E-state index is -0.580. The summed E-state index contributed by atoms with van der Waals surface area (Å²) in [5.74, 6) is 0.127. The Morgan fingerprint density at radius 1 is 0.920 bits per heavy atom. The zero-order valence-electron chi connectivity index (χ0n) is 14.5. The maximum absolute atomic E-state index is 12.6. The first-order chi connectivity index (χ1) is 12.1. The monoisotopic (exact) mass is 343 g/mol. The number of rotatable bonds is 7. The zero-order valence-corrected chi connectivity index (χ0v) is 14.5. The Morgan fingerprint density at radius 2 is 1.60 bits per heavy atom. The number of hydrogen-bond acceptors (Lipinski definition) is 5. The number of nitrogens with zero attached hydrogens (tertiary/aromatic N) is 1. The fourth-order valence-corrected chi connectivity index (χ4v) is 2.37. The van der Waals surface area contributed by atoms with Gasteiger partial charge < -0.3 is 19.1 Å². The van der Waals surface area contributed by atoms with Crippen LogP contribution in [0, 0.1) is 0 Å². The number of carbonyl (C=O) groups excluding carboxylic acids is 2. The molecular formula is C19H21NO5. The van der Waals surface area contributed by atoms with Crippen molar-refractivity contribution in [3.63, 3.8) is 0 Å². The SMILES string of the molecule is COC(=O)CC(=O)N(Cc1ccccc1)c1ccc(OC)c(OC)c1. The van der Waals surface area contributed by atoms with Crippen molar-refractivity contribution in [3.8, 4) is 11.5 Å². The lowest BCUT2D eigenvalue weighted by atomic mass is 10.1. The molecule has 2 aromatic carbocycles. The Bertz CT molecular complexity index is 730. The number of carbonyl (C=O) groups is 2. The van der Waals surface area contributed by atoms with Gasteiger partial charge >= 0.3 is 5.97 Å². The molecule has 0 heterocycles. The Balaban J connectivity index is 2.36. The van der Waals surface area contributed by atoms with Crippen LogP contribution < -0.4 is 14.4 Å². The van der Waals surface area contributed by atoms with Crippen LogP contribution >= 0.6 is 0 Å². The fraction of sp³-hybridized carbons (Fsp3) is 0.263. The fourth-order valence-electron chi connectivity index (χ4n) is 2.37.